The standard InChI is InChI=1S/C22H33N5O5/c1-3-14(2)20(31)27-18(13-15-6-9-17(28)10-7-15)21(32)26-16(8-11-19(29)30)5-4-12-25-22(23)24/h6-11,14,16,18,28H,3-5,12-13H2,1-2H3,(H,26,32)(H,27,31)(H,29,30)(H4,23,24,25)/b11-8+/t14?,16-,18-/m0/s1. The average molecular weight is 448 g/mol. The Morgan fingerprint density at radius 2 is 1.78 bits per heavy atom. The van der Waals surface area contributed by atoms with Gasteiger partial charge in [-0.25, -0.2) is 4.79 Å². The maximum Gasteiger partial charge on any atom is 0.328 e. The van der Waals surface area contributed by atoms with Crippen LogP contribution in [0.25, 0.3) is 0 Å². The fraction of sp³-hybridized carbons (Fsp3) is 0.455. The molecule has 0 bridgehead atoms. The minimum absolute atomic E-state index is 0.0478. The third kappa shape index (κ3) is 10.5. The number of hydrogen-bond acceptors (Lipinski definition) is 5. The number of carbonyl (C=O) groups is 3. The fourth-order valence-electron chi connectivity index (χ4n) is 2.79. The molecule has 0 radical (unpaired) electrons. The average Bonchev–Trinajstić information content (AvgIpc) is 2.74. The van der Waals surface area contributed by atoms with Crippen molar-refractivity contribution in [3.8, 4) is 5.75 Å². The third-order valence-corrected chi connectivity index (χ3v) is 4.84. The Hall–Kier alpha value is -3.56. The van der Waals surface area contributed by atoms with Gasteiger partial charge in [0.1, 0.15) is 11.8 Å². The lowest BCUT2D eigenvalue weighted by Crippen LogP contribution is -2.51. The number of rotatable bonds is 13. The van der Waals surface area contributed by atoms with Crippen molar-refractivity contribution in [2.45, 2.75) is 51.6 Å². The maximum atomic E-state index is 13.0. The van der Waals surface area contributed by atoms with Gasteiger partial charge in [-0.3, -0.25) is 14.6 Å². The van der Waals surface area contributed by atoms with Gasteiger partial charge in [0, 0.05) is 31.0 Å². The Labute approximate surface area is 187 Å². The molecule has 3 atom stereocenters. The number of nitrogens with one attached hydrogen (secondary N) is 2. The highest BCUT2D eigenvalue weighted by Gasteiger charge is 2.25. The first kappa shape index (κ1) is 26.5. The lowest BCUT2D eigenvalue weighted by atomic mass is 10.0. The Bertz CT molecular complexity index is 819. The van der Waals surface area contributed by atoms with Crippen molar-refractivity contribution in [3.63, 3.8) is 0 Å². The van der Waals surface area contributed by atoms with Gasteiger partial charge in [-0.2, -0.15) is 0 Å². The molecule has 0 saturated carbocycles. The summed E-state index contributed by atoms with van der Waals surface area (Å²) in [6, 6.07) is 4.88. The molecule has 8 N–H and O–H groups in total. The third-order valence-electron chi connectivity index (χ3n) is 4.84. The Morgan fingerprint density at radius 1 is 1.12 bits per heavy atom. The van der Waals surface area contributed by atoms with Crippen molar-refractivity contribution in [1.29, 1.82) is 0 Å². The normalized spacial score (nSPS) is 13.7. The smallest absolute Gasteiger partial charge is 0.328 e. The molecule has 176 valence electrons. The summed E-state index contributed by atoms with van der Waals surface area (Å²) in [5.41, 5.74) is 11.4. The van der Waals surface area contributed by atoms with E-state index in [-0.39, 0.29) is 30.0 Å². The number of aromatic hydroxyl groups is 1. The molecule has 2 amide bonds. The number of amides is 2. The van der Waals surface area contributed by atoms with Crippen LogP contribution in [0.1, 0.15) is 38.7 Å². The van der Waals surface area contributed by atoms with E-state index in [0.717, 1.165) is 11.6 Å². The summed E-state index contributed by atoms with van der Waals surface area (Å²) in [6.07, 6.45) is 4.07. The van der Waals surface area contributed by atoms with Crippen molar-refractivity contribution in [3.05, 3.63) is 42.0 Å². The van der Waals surface area contributed by atoms with Gasteiger partial charge in [-0.05, 0) is 37.0 Å². The van der Waals surface area contributed by atoms with Crippen molar-refractivity contribution < 1.29 is 24.6 Å². The largest absolute Gasteiger partial charge is 0.508 e. The predicted molar refractivity (Wildman–Crippen MR) is 122 cm³/mol. The van der Waals surface area contributed by atoms with Gasteiger partial charge in [-0.15, -0.1) is 0 Å². The second kappa shape index (κ2) is 13.7. The molecule has 10 nitrogen and oxygen atoms in total. The van der Waals surface area contributed by atoms with E-state index in [9.17, 15) is 19.5 Å². The van der Waals surface area contributed by atoms with Crippen molar-refractivity contribution in [2.75, 3.05) is 6.54 Å². The second-order valence-electron chi connectivity index (χ2n) is 7.50. The van der Waals surface area contributed by atoms with Crippen molar-refractivity contribution >= 4 is 23.7 Å². The van der Waals surface area contributed by atoms with Gasteiger partial charge in [0.05, 0.1) is 0 Å². The first-order valence-corrected chi connectivity index (χ1v) is 10.5. The van der Waals surface area contributed by atoms with Gasteiger partial charge in [0.25, 0.3) is 0 Å². The minimum atomic E-state index is -1.14. The van der Waals surface area contributed by atoms with E-state index in [0.29, 0.717) is 25.8 Å². The molecule has 0 spiro atoms. The van der Waals surface area contributed by atoms with Crippen LogP contribution >= 0.6 is 0 Å². The van der Waals surface area contributed by atoms with Gasteiger partial charge in [0.2, 0.25) is 11.8 Å². The van der Waals surface area contributed by atoms with Gasteiger partial charge in [-0.1, -0.05) is 32.1 Å². The molecule has 0 saturated heterocycles. The van der Waals surface area contributed by atoms with E-state index in [1.807, 2.05) is 6.92 Å². The lowest BCUT2D eigenvalue weighted by Gasteiger charge is -2.23. The summed E-state index contributed by atoms with van der Waals surface area (Å²) in [6.45, 7) is 3.98. The number of phenolic OH excluding ortho intramolecular Hbond substituents is 1. The van der Waals surface area contributed by atoms with Crippen molar-refractivity contribution in [1.82, 2.24) is 10.6 Å². The van der Waals surface area contributed by atoms with E-state index in [4.69, 9.17) is 16.6 Å². The van der Waals surface area contributed by atoms with Crippen LogP contribution in [0, 0.1) is 5.92 Å². The minimum Gasteiger partial charge on any atom is -0.508 e. The van der Waals surface area contributed by atoms with E-state index in [2.05, 4.69) is 15.6 Å². The number of nitrogens with two attached hydrogens (primary N) is 2. The van der Waals surface area contributed by atoms with Crippen LogP contribution in [0.2, 0.25) is 0 Å². The molecule has 0 aliphatic carbocycles. The number of benzene rings is 1. The summed E-state index contributed by atoms with van der Waals surface area (Å²) in [5, 5.41) is 24.0. The van der Waals surface area contributed by atoms with Gasteiger partial charge >= 0.3 is 5.97 Å². The molecule has 0 aliphatic heterocycles. The highest BCUT2D eigenvalue weighted by Crippen LogP contribution is 2.13. The Kier molecular flexibility index (Phi) is 11.3. The molecule has 1 unspecified atom stereocenters. The van der Waals surface area contributed by atoms with Crippen LogP contribution in [0.4, 0.5) is 0 Å². The number of nitrogens with zero attached hydrogens (tertiary/aromatic N) is 1. The van der Waals surface area contributed by atoms with E-state index in [1.165, 1.54) is 18.2 Å². The molecular weight excluding hydrogens is 414 g/mol. The van der Waals surface area contributed by atoms with Crippen LogP contribution < -0.4 is 22.1 Å². The molecule has 0 aromatic heterocycles. The summed E-state index contributed by atoms with van der Waals surface area (Å²) < 4.78 is 0. The number of aliphatic carboxylic acids is 1. The first-order chi connectivity index (χ1) is 15.1. The summed E-state index contributed by atoms with van der Waals surface area (Å²) in [5.74, 6) is -2.06. The van der Waals surface area contributed by atoms with E-state index in [1.54, 1.807) is 19.1 Å². The predicted octanol–water partition coefficient (Wildman–Crippen LogP) is 0.645. The number of carbonyl (C=O) groups excluding carboxylic acids is 2. The molecule has 1 aromatic carbocycles. The summed E-state index contributed by atoms with van der Waals surface area (Å²) in [4.78, 5) is 40.3. The number of phenols is 1. The summed E-state index contributed by atoms with van der Waals surface area (Å²) in [7, 11) is 0. The topological polar surface area (TPSA) is 180 Å². The number of guanidine groups is 1. The fourth-order valence-corrected chi connectivity index (χ4v) is 2.79. The SMILES string of the molecule is CCC(C)C(=O)N[C@@H](Cc1ccc(O)cc1)C(=O)N[C@H](/C=C/C(=O)O)CCCN=C(N)N. The Morgan fingerprint density at radius 3 is 2.34 bits per heavy atom. The second-order valence-corrected chi connectivity index (χ2v) is 7.50. The number of hydrogen-bond donors (Lipinski definition) is 6. The monoisotopic (exact) mass is 447 g/mol. The molecule has 32 heavy (non-hydrogen) atoms. The molecule has 1 aromatic rings. The van der Waals surface area contributed by atoms with Gasteiger partial charge < -0.3 is 32.3 Å². The van der Waals surface area contributed by atoms with Crippen LogP contribution in [0.15, 0.2) is 41.4 Å². The number of carboxylic acid groups (broad SMARTS) is 1. The van der Waals surface area contributed by atoms with Gasteiger partial charge in [0.15, 0.2) is 5.96 Å². The molecule has 0 aliphatic rings. The zero-order valence-corrected chi connectivity index (χ0v) is 18.5. The number of aliphatic imine (C=N–C) groups is 1. The van der Waals surface area contributed by atoms with Crippen LogP contribution in [-0.4, -0.2) is 52.6 Å². The van der Waals surface area contributed by atoms with E-state index < -0.39 is 24.0 Å². The van der Waals surface area contributed by atoms with Crippen LogP contribution in [0.3, 0.4) is 0 Å². The first-order valence-electron chi connectivity index (χ1n) is 10.5. The molecular formula is C22H33N5O5. The highest BCUT2D eigenvalue weighted by molar-refractivity contribution is 5.89. The zero-order valence-electron chi connectivity index (χ0n) is 18.5. The van der Waals surface area contributed by atoms with Crippen LogP contribution in [0.5, 0.6) is 5.75 Å². The van der Waals surface area contributed by atoms with E-state index >= 15 is 0 Å². The molecule has 0 heterocycles. The van der Waals surface area contributed by atoms with Crippen LogP contribution in [-0.2, 0) is 20.8 Å². The molecule has 10 heteroatoms. The maximum absolute atomic E-state index is 13.0. The quantitative estimate of drug-likeness (QED) is 0.111. The molecule has 1 rings (SSSR count). The lowest BCUT2D eigenvalue weighted by molar-refractivity contribution is -0.131. The van der Waals surface area contributed by atoms with Crippen molar-refractivity contribution in [2.24, 2.45) is 22.4 Å². The zero-order chi connectivity index (χ0) is 24.1. The summed E-state index contributed by atoms with van der Waals surface area (Å²) >= 11 is 0. The number of carboxylic acids is 1. The Balaban J connectivity index is 2.97. The highest BCUT2D eigenvalue weighted by atomic mass is 16.4. The molecule has 0 fully saturated rings.